The van der Waals surface area contributed by atoms with Crippen LogP contribution in [0.2, 0.25) is 10.0 Å². The van der Waals surface area contributed by atoms with Gasteiger partial charge in [-0.05, 0) is 42.8 Å². The zero-order valence-corrected chi connectivity index (χ0v) is 21.1. The number of anilines is 1. The highest BCUT2D eigenvalue weighted by Gasteiger charge is 2.45. The maximum Gasteiger partial charge on any atom is 0.294 e. The molecular weight excluding hydrogens is 519 g/mol. The fourth-order valence-electron chi connectivity index (χ4n) is 4.23. The lowest BCUT2D eigenvalue weighted by Gasteiger charge is -2.27. The minimum Gasteiger partial charge on any atom is -0.508 e. The maximum absolute atomic E-state index is 13.9. The molecule has 1 amide bonds. The molecule has 9 heteroatoms. The number of carbonyl (C=O) groups is 2. The van der Waals surface area contributed by atoms with Gasteiger partial charge in [0.15, 0.2) is 5.76 Å². The number of halogens is 2. The highest BCUT2D eigenvalue weighted by atomic mass is 35.5. The molecule has 1 atom stereocenters. The number of ketones is 1. The molecule has 180 valence electrons. The van der Waals surface area contributed by atoms with E-state index in [9.17, 15) is 19.8 Å². The third kappa shape index (κ3) is 4.26. The zero-order chi connectivity index (χ0) is 25.6. The Bertz CT molecular complexity index is 1530. The number of hydrogen-bond acceptors (Lipinski definition) is 6. The molecule has 2 heterocycles. The molecule has 5 rings (SSSR count). The topological polar surface area (TPSA) is 90.7 Å². The van der Waals surface area contributed by atoms with E-state index in [1.54, 1.807) is 19.1 Å². The van der Waals surface area contributed by atoms with Crippen LogP contribution in [0, 0.1) is 6.92 Å². The number of phenols is 1. The van der Waals surface area contributed by atoms with E-state index < -0.39 is 23.5 Å². The summed E-state index contributed by atoms with van der Waals surface area (Å²) in [5, 5.41) is 22.4. The van der Waals surface area contributed by atoms with E-state index >= 15 is 0 Å². The predicted molar refractivity (Wildman–Crippen MR) is 141 cm³/mol. The number of phenolic OH excluding ortho intramolecular Hbond substituents is 1. The van der Waals surface area contributed by atoms with Crippen molar-refractivity contribution in [2.45, 2.75) is 13.0 Å². The smallest absolute Gasteiger partial charge is 0.294 e. The summed E-state index contributed by atoms with van der Waals surface area (Å²) in [6.45, 7) is 1.71. The summed E-state index contributed by atoms with van der Waals surface area (Å²) in [5.74, 6) is -2.04. The Labute approximate surface area is 220 Å². The number of aromatic hydroxyl groups is 1. The fourth-order valence-corrected chi connectivity index (χ4v) is 5.77. The zero-order valence-electron chi connectivity index (χ0n) is 18.8. The van der Waals surface area contributed by atoms with E-state index in [0.717, 1.165) is 5.56 Å². The van der Waals surface area contributed by atoms with Gasteiger partial charge >= 0.3 is 0 Å². The molecule has 0 radical (unpaired) electrons. The molecule has 3 aromatic carbocycles. The minimum absolute atomic E-state index is 0.0532. The number of Topliss-reactive ketones (excluding diaryl/α,β-unsaturated/α-hetero) is 1. The van der Waals surface area contributed by atoms with Gasteiger partial charge < -0.3 is 10.2 Å². The van der Waals surface area contributed by atoms with Gasteiger partial charge in [0.1, 0.15) is 10.8 Å². The van der Waals surface area contributed by atoms with Crippen molar-refractivity contribution < 1.29 is 19.8 Å². The molecule has 4 aromatic rings. The molecule has 1 aromatic heterocycles. The van der Waals surface area contributed by atoms with Crippen LogP contribution in [0.3, 0.4) is 0 Å². The molecule has 1 unspecified atom stereocenters. The number of thiazole rings is 1. The molecule has 0 fully saturated rings. The Morgan fingerprint density at radius 2 is 1.67 bits per heavy atom. The maximum atomic E-state index is 13.9. The Morgan fingerprint density at radius 1 is 0.972 bits per heavy atom. The van der Waals surface area contributed by atoms with Crippen LogP contribution in [-0.2, 0) is 4.79 Å². The summed E-state index contributed by atoms with van der Waals surface area (Å²) in [4.78, 5) is 33.4. The number of benzene rings is 3. The van der Waals surface area contributed by atoms with Crippen molar-refractivity contribution in [3.8, 4) is 16.3 Å². The second kappa shape index (κ2) is 9.43. The normalized spacial score (nSPS) is 15.6. The highest BCUT2D eigenvalue weighted by molar-refractivity contribution is 7.17. The Balaban J connectivity index is 1.66. The number of hydrogen-bond donors (Lipinski definition) is 2. The van der Waals surface area contributed by atoms with Gasteiger partial charge in [-0.15, -0.1) is 11.3 Å². The summed E-state index contributed by atoms with van der Waals surface area (Å²) < 4.78 is 0. The summed E-state index contributed by atoms with van der Waals surface area (Å²) in [6.07, 6.45) is 0. The van der Waals surface area contributed by atoms with Crippen LogP contribution in [0.5, 0.6) is 5.75 Å². The fraction of sp³-hybridized carbons (Fsp3) is 0.0741. The number of nitrogens with zero attached hydrogens (tertiary/aromatic N) is 2. The van der Waals surface area contributed by atoms with Crippen LogP contribution in [0.1, 0.15) is 27.0 Å². The van der Waals surface area contributed by atoms with E-state index in [2.05, 4.69) is 4.98 Å². The quantitative estimate of drug-likeness (QED) is 0.270. The molecule has 0 aliphatic carbocycles. The number of aliphatic hydroxyl groups is 1. The number of aliphatic hydroxyl groups excluding tert-OH is 1. The monoisotopic (exact) mass is 536 g/mol. The molecule has 0 bridgehead atoms. The number of rotatable bonds is 5. The van der Waals surface area contributed by atoms with Crippen molar-refractivity contribution in [3.63, 3.8) is 0 Å². The number of aromatic nitrogens is 1. The Kier molecular flexibility index (Phi) is 6.30. The third-order valence-electron chi connectivity index (χ3n) is 5.79. The van der Waals surface area contributed by atoms with Crippen LogP contribution in [0.15, 0.2) is 84.1 Å². The van der Waals surface area contributed by atoms with E-state index in [1.165, 1.54) is 46.6 Å². The van der Waals surface area contributed by atoms with Crippen molar-refractivity contribution in [2.24, 2.45) is 0 Å². The van der Waals surface area contributed by atoms with Crippen molar-refractivity contribution in [1.82, 2.24) is 4.98 Å². The Morgan fingerprint density at radius 3 is 2.33 bits per heavy atom. The first-order valence-electron chi connectivity index (χ1n) is 10.8. The number of aryl methyl sites for hydroxylation is 1. The van der Waals surface area contributed by atoms with Crippen LogP contribution in [0.25, 0.3) is 10.6 Å². The first kappa shape index (κ1) is 24.1. The van der Waals surface area contributed by atoms with Crippen LogP contribution in [0.4, 0.5) is 5.69 Å². The minimum atomic E-state index is -1.03. The van der Waals surface area contributed by atoms with Gasteiger partial charge in [-0.2, -0.15) is 0 Å². The van der Waals surface area contributed by atoms with E-state index in [0.29, 0.717) is 26.8 Å². The largest absolute Gasteiger partial charge is 0.508 e. The molecule has 0 saturated carbocycles. The van der Waals surface area contributed by atoms with Crippen molar-refractivity contribution in [2.75, 3.05) is 4.90 Å². The molecule has 6 nitrogen and oxygen atoms in total. The van der Waals surface area contributed by atoms with Gasteiger partial charge in [-0.25, -0.2) is 4.98 Å². The number of carbonyl (C=O) groups excluding carboxylic acids is 2. The molecule has 36 heavy (non-hydrogen) atoms. The summed E-state index contributed by atoms with van der Waals surface area (Å²) in [6, 6.07) is 19.1. The lowest BCUT2D eigenvalue weighted by molar-refractivity contribution is -0.117. The molecular formula is C27H18Cl2N2O4S. The molecule has 2 N–H and O–H groups in total. The van der Waals surface area contributed by atoms with Crippen molar-refractivity contribution in [1.29, 1.82) is 0 Å². The average molecular weight is 537 g/mol. The van der Waals surface area contributed by atoms with Crippen LogP contribution >= 0.6 is 34.5 Å². The van der Waals surface area contributed by atoms with E-state index in [-0.39, 0.29) is 21.4 Å². The SMILES string of the molecule is Cc1nc(-c2ccccc2)sc1C(=O)C1=C(O)C(=O)N(c2cc(Cl)cc(Cl)c2)C1c1cccc(O)c1. The third-order valence-corrected chi connectivity index (χ3v) is 7.43. The standard InChI is InChI=1S/C27H18Cl2N2O4S/c1-14-25(36-26(30-14)15-6-3-2-4-7-15)23(33)21-22(16-8-5-9-20(32)10-16)31(27(35)24(21)34)19-12-17(28)11-18(29)13-19/h2-13,22,32,34H,1H3. The first-order chi connectivity index (χ1) is 17.2. The second-order valence-corrected chi connectivity index (χ2v) is 10.1. The van der Waals surface area contributed by atoms with Crippen molar-refractivity contribution in [3.05, 3.63) is 110 Å². The molecule has 1 aliphatic heterocycles. The highest BCUT2D eigenvalue weighted by Crippen LogP contribution is 2.44. The average Bonchev–Trinajstić information content (AvgIpc) is 3.36. The van der Waals surface area contributed by atoms with Gasteiger partial charge in [0.05, 0.1) is 22.2 Å². The Hall–Kier alpha value is -3.65. The molecule has 0 spiro atoms. The van der Waals surface area contributed by atoms with E-state index in [1.807, 2.05) is 30.3 Å². The van der Waals surface area contributed by atoms with Gasteiger partial charge in [-0.3, -0.25) is 14.5 Å². The van der Waals surface area contributed by atoms with Crippen LogP contribution in [-0.4, -0.2) is 26.9 Å². The first-order valence-corrected chi connectivity index (χ1v) is 12.4. The summed E-state index contributed by atoms with van der Waals surface area (Å²) in [7, 11) is 0. The molecule has 0 saturated heterocycles. The number of amides is 1. The van der Waals surface area contributed by atoms with Gasteiger partial charge in [0, 0.05) is 21.3 Å². The van der Waals surface area contributed by atoms with Gasteiger partial charge in [0.25, 0.3) is 5.91 Å². The lowest BCUT2D eigenvalue weighted by Crippen LogP contribution is -2.31. The summed E-state index contributed by atoms with van der Waals surface area (Å²) >= 11 is 13.6. The van der Waals surface area contributed by atoms with Crippen molar-refractivity contribution >= 4 is 51.9 Å². The van der Waals surface area contributed by atoms with Gasteiger partial charge in [0.2, 0.25) is 5.78 Å². The second-order valence-electron chi connectivity index (χ2n) is 8.19. The van der Waals surface area contributed by atoms with Crippen LogP contribution < -0.4 is 4.90 Å². The van der Waals surface area contributed by atoms with E-state index in [4.69, 9.17) is 23.2 Å². The van der Waals surface area contributed by atoms with Gasteiger partial charge in [-0.1, -0.05) is 65.7 Å². The predicted octanol–water partition coefficient (Wildman–Crippen LogP) is 6.91. The molecule has 1 aliphatic rings. The lowest BCUT2D eigenvalue weighted by atomic mass is 9.94. The summed E-state index contributed by atoms with van der Waals surface area (Å²) in [5.41, 5.74) is 1.94.